The standard InChI is InChI=1S/C24H42O21/c25-1-4-7(28)10(31)15(36)20(42-4)23(41)18(39)13(34)14(35)19(40)24(23,21-16(37)11(32)8(29)5(2-26)43-21)45-22-17(38)12(33)9(30)6(3-27)44-22/h4-22,25-41H,1-3H2/t4-,5-,6-,7+,8+,9+,10+,11+,12+,13-,14-,15-,16-,17-,18+,19-,20?,21?,22?,23+,24-/m1/s1. The summed E-state index contributed by atoms with van der Waals surface area (Å²) in [7, 11) is 0. The van der Waals surface area contributed by atoms with Gasteiger partial charge in [0.15, 0.2) is 17.5 Å². The van der Waals surface area contributed by atoms with E-state index in [1.165, 1.54) is 0 Å². The van der Waals surface area contributed by atoms with Crippen LogP contribution in [0.15, 0.2) is 0 Å². The number of rotatable bonds is 7. The van der Waals surface area contributed by atoms with E-state index in [1.807, 2.05) is 0 Å². The minimum Gasteiger partial charge on any atom is -0.394 e. The van der Waals surface area contributed by atoms with E-state index in [2.05, 4.69) is 0 Å². The molecule has 0 amide bonds. The van der Waals surface area contributed by atoms with Gasteiger partial charge >= 0.3 is 0 Å². The van der Waals surface area contributed by atoms with Crippen LogP contribution >= 0.6 is 0 Å². The van der Waals surface area contributed by atoms with Crippen LogP contribution < -0.4 is 0 Å². The Balaban J connectivity index is 2.01. The van der Waals surface area contributed by atoms with Gasteiger partial charge in [0, 0.05) is 0 Å². The molecule has 0 radical (unpaired) electrons. The van der Waals surface area contributed by atoms with Crippen LogP contribution in [0.5, 0.6) is 0 Å². The molecule has 45 heavy (non-hydrogen) atoms. The summed E-state index contributed by atoms with van der Waals surface area (Å²) in [4.78, 5) is 0. The van der Waals surface area contributed by atoms with Gasteiger partial charge in [-0.15, -0.1) is 0 Å². The number of ether oxygens (including phenoxy) is 4. The van der Waals surface area contributed by atoms with Crippen LogP contribution in [-0.2, 0) is 18.9 Å². The van der Waals surface area contributed by atoms with E-state index in [4.69, 9.17) is 18.9 Å². The van der Waals surface area contributed by atoms with Crippen molar-refractivity contribution in [3.05, 3.63) is 0 Å². The molecule has 21 heteroatoms. The van der Waals surface area contributed by atoms with Crippen molar-refractivity contribution in [1.82, 2.24) is 0 Å². The maximum atomic E-state index is 12.5. The Labute approximate surface area is 253 Å². The van der Waals surface area contributed by atoms with Crippen molar-refractivity contribution in [2.45, 2.75) is 127 Å². The molecule has 264 valence electrons. The summed E-state index contributed by atoms with van der Waals surface area (Å²) in [6.07, 6.45) is -44.8. The number of hydrogen-bond acceptors (Lipinski definition) is 21. The van der Waals surface area contributed by atoms with Crippen LogP contribution in [0.3, 0.4) is 0 Å². The highest BCUT2D eigenvalue weighted by Gasteiger charge is 2.79. The molecule has 4 aliphatic rings. The fourth-order valence-electron chi connectivity index (χ4n) is 6.65. The fourth-order valence-corrected chi connectivity index (χ4v) is 6.65. The Bertz CT molecular complexity index is 989. The summed E-state index contributed by atoms with van der Waals surface area (Å²) in [5, 5.41) is 182. The summed E-state index contributed by atoms with van der Waals surface area (Å²) in [5.41, 5.74) is -7.40. The molecular weight excluding hydrogens is 624 g/mol. The van der Waals surface area contributed by atoms with Crippen molar-refractivity contribution in [1.29, 1.82) is 0 Å². The first-order valence-electron chi connectivity index (χ1n) is 14.0. The van der Waals surface area contributed by atoms with Gasteiger partial charge in [-0.1, -0.05) is 0 Å². The Hall–Kier alpha value is -0.840. The second kappa shape index (κ2) is 13.6. The molecule has 0 aromatic rings. The van der Waals surface area contributed by atoms with Crippen molar-refractivity contribution >= 4 is 0 Å². The lowest BCUT2D eigenvalue weighted by Crippen LogP contribution is -2.90. The smallest absolute Gasteiger partial charge is 0.187 e. The summed E-state index contributed by atoms with van der Waals surface area (Å²) >= 11 is 0. The third-order valence-corrected chi connectivity index (χ3v) is 9.31. The molecule has 21 nitrogen and oxygen atoms in total. The van der Waals surface area contributed by atoms with Gasteiger partial charge in [-0.25, -0.2) is 0 Å². The van der Waals surface area contributed by atoms with Gasteiger partial charge in [-0.05, 0) is 0 Å². The highest BCUT2D eigenvalue weighted by atomic mass is 16.7. The van der Waals surface area contributed by atoms with E-state index in [-0.39, 0.29) is 0 Å². The topological polar surface area (TPSA) is 381 Å². The van der Waals surface area contributed by atoms with Gasteiger partial charge in [0.2, 0.25) is 0 Å². The van der Waals surface area contributed by atoms with Gasteiger partial charge in [-0.3, -0.25) is 0 Å². The molecule has 3 aliphatic heterocycles. The minimum atomic E-state index is -3.77. The molecule has 21 atom stereocenters. The number of aliphatic hydroxyl groups is 17. The third-order valence-electron chi connectivity index (χ3n) is 9.31. The van der Waals surface area contributed by atoms with Crippen molar-refractivity contribution in [3.63, 3.8) is 0 Å². The van der Waals surface area contributed by atoms with Gasteiger partial charge in [-0.2, -0.15) is 0 Å². The van der Waals surface area contributed by atoms with E-state index >= 15 is 0 Å². The van der Waals surface area contributed by atoms with Crippen molar-refractivity contribution in [2.75, 3.05) is 19.8 Å². The fraction of sp³-hybridized carbons (Fsp3) is 1.00. The lowest BCUT2D eigenvalue weighted by molar-refractivity contribution is -0.443. The molecule has 3 unspecified atom stereocenters. The van der Waals surface area contributed by atoms with Crippen molar-refractivity contribution in [3.8, 4) is 0 Å². The predicted octanol–water partition coefficient (Wildman–Crippen LogP) is -11.6. The highest BCUT2D eigenvalue weighted by Crippen LogP contribution is 2.52. The van der Waals surface area contributed by atoms with Crippen molar-refractivity contribution in [2.24, 2.45) is 0 Å². The zero-order valence-corrected chi connectivity index (χ0v) is 23.3. The van der Waals surface area contributed by atoms with E-state index in [0.29, 0.717) is 0 Å². The van der Waals surface area contributed by atoms with Gasteiger partial charge in [0.25, 0.3) is 0 Å². The predicted molar refractivity (Wildman–Crippen MR) is 134 cm³/mol. The Morgan fingerprint density at radius 2 is 0.800 bits per heavy atom. The molecule has 17 N–H and O–H groups in total. The SMILES string of the molecule is OC[C@H]1OC(O[C@@]2(C3O[C@H](CO)[C@H](O)[C@H](O)[C@H]3O)[C@H](O)[C@H](O)[C@@H](O)[C@H](O)[C@]2(O)C2O[C@H](CO)[C@H](O)[C@H](O)[C@H]2O)[C@H](O)[C@@H](O)[C@H]1O. The second-order valence-corrected chi connectivity index (χ2v) is 11.8. The Morgan fingerprint density at radius 1 is 0.422 bits per heavy atom. The minimum absolute atomic E-state index is 1.05. The van der Waals surface area contributed by atoms with E-state index in [0.717, 1.165) is 0 Å². The zero-order valence-electron chi connectivity index (χ0n) is 23.3. The van der Waals surface area contributed by atoms with Crippen LogP contribution in [-0.4, -0.2) is 234 Å². The highest BCUT2D eigenvalue weighted by molar-refractivity contribution is 5.27. The largest absolute Gasteiger partial charge is 0.394 e. The first kappa shape index (κ1) is 37.0. The third kappa shape index (κ3) is 5.51. The maximum absolute atomic E-state index is 12.5. The first-order valence-corrected chi connectivity index (χ1v) is 14.0. The Morgan fingerprint density at radius 3 is 1.27 bits per heavy atom. The molecule has 0 aromatic heterocycles. The van der Waals surface area contributed by atoms with Crippen LogP contribution in [0, 0.1) is 0 Å². The average molecular weight is 667 g/mol. The quantitative estimate of drug-likeness (QED) is 0.120. The lowest BCUT2D eigenvalue weighted by atomic mass is 9.57. The van der Waals surface area contributed by atoms with E-state index < -0.39 is 147 Å². The van der Waals surface area contributed by atoms with Gasteiger partial charge in [0.05, 0.1) is 19.8 Å². The van der Waals surface area contributed by atoms with Crippen LogP contribution in [0.2, 0.25) is 0 Å². The average Bonchev–Trinajstić information content (AvgIpc) is 3.03. The Kier molecular flexibility index (Phi) is 11.2. The molecule has 1 saturated carbocycles. The molecular formula is C24H42O21. The molecule has 0 spiro atoms. The normalized spacial score (nSPS) is 57.9. The number of hydrogen-bond donors (Lipinski definition) is 17. The second-order valence-electron chi connectivity index (χ2n) is 11.8. The summed E-state index contributed by atoms with van der Waals surface area (Å²) < 4.78 is 22.0. The monoisotopic (exact) mass is 666 g/mol. The first-order chi connectivity index (χ1) is 21.0. The van der Waals surface area contributed by atoms with Crippen molar-refractivity contribution < 1.29 is 106 Å². The summed E-state index contributed by atoms with van der Waals surface area (Å²) in [5.74, 6) is 0. The zero-order chi connectivity index (χ0) is 33.9. The van der Waals surface area contributed by atoms with E-state index in [9.17, 15) is 86.8 Å². The van der Waals surface area contributed by atoms with Crippen LogP contribution in [0.4, 0.5) is 0 Å². The number of aliphatic hydroxyl groups excluding tert-OH is 16. The molecule has 4 rings (SSSR count). The van der Waals surface area contributed by atoms with E-state index in [1.54, 1.807) is 0 Å². The molecule has 4 fully saturated rings. The van der Waals surface area contributed by atoms with Gasteiger partial charge in [0.1, 0.15) is 110 Å². The molecule has 3 heterocycles. The molecule has 0 bridgehead atoms. The molecule has 0 aromatic carbocycles. The van der Waals surface area contributed by atoms with Crippen LogP contribution in [0.1, 0.15) is 0 Å². The summed E-state index contributed by atoms with van der Waals surface area (Å²) in [6.45, 7) is -3.32. The molecule has 1 aliphatic carbocycles. The molecule has 3 saturated heterocycles. The summed E-state index contributed by atoms with van der Waals surface area (Å²) in [6, 6.07) is 0. The lowest BCUT2D eigenvalue weighted by Gasteiger charge is -2.65. The maximum Gasteiger partial charge on any atom is 0.187 e. The van der Waals surface area contributed by atoms with Crippen LogP contribution in [0.25, 0.3) is 0 Å². The van der Waals surface area contributed by atoms with Gasteiger partial charge < -0.3 is 106 Å².